The number of esters is 1. The lowest BCUT2D eigenvalue weighted by atomic mass is 9.78. The van der Waals surface area contributed by atoms with Crippen LogP contribution in [-0.2, 0) is 19.2 Å². The van der Waals surface area contributed by atoms with E-state index in [1.807, 2.05) is 6.92 Å². The normalized spacial score (nSPS) is 16.6. The van der Waals surface area contributed by atoms with E-state index in [-0.39, 0.29) is 30.9 Å². The van der Waals surface area contributed by atoms with Gasteiger partial charge in [0.25, 0.3) is 5.69 Å². The largest absolute Gasteiger partial charge is 0.478 e. The van der Waals surface area contributed by atoms with E-state index >= 15 is 0 Å². The molecular formula is C21H25N3O7. The molecule has 0 saturated carbocycles. The van der Waals surface area contributed by atoms with Gasteiger partial charge >= 0.3 is 11.9 Å². The van der Waals surface area contributed by atoms with Gasteiger partial charge in [-0.2, -0.15) is 0 Å². The van der Waals surface area contributed by atoms with E-state index in [0.717, 1.165) is 5.70 Å². The molecule has 2 rings (SSSR count). The van der Waals surface area contributed by atoms with Crippen molar-refractivity contribution in [3.63, 3.8) is 0 Å². The monoisotopic (exact) mass is 431 g/mol. The maximum Gasteiger partial charge on any atom is 0.347 e. The average molecular weight is 431 g/mol. The number of ether oxygens (including phenoxy) is 1. The highest BCUT2D eigenvalue weighted by Crippen LogP contribution is 2.43. The minimum atomic E-state index is -1.11. The van der Waals surface area contributed by atoms with Gasteiger partial charge in [-0.1, -0.05) is 17.3 Å². The first kappa shape index (κ1) is 23.6. The fourth-order valence-corrected chi connectivity index (χ4v) is 3.45. The average Bonchev–Trinajstić information content (AvgIpc) is 2.72. The number of carboxylic acids is 1. The minimum Gasteiger partial charge on any atom is -0.478 e. The van der Waals surface area contributed by atoms with Gasteiger partial charge < -0.3 is 19.6 Å². The molecule has 1 aliphatic rings. The van der Waals surface area contributed by atoms with Crippen LogP contribution in [0.3, 0.4) is 0 Å². The Labute approximate surface area is 179 Å². The summed E-state index contributed by atoms with van der Waals surface area (Å²) in [5, 5.41) is 24.9. The maximum atomic E-state index is 12.1. The van der Waals surface area contributed by atoms with E-state index in [1.165, 1.54) is 24.4 Å². The number of carbonyl (C=O) groups excluding carboxylic acids is 1. The molecule has 0 amide bonds. The molecule has 0 aliphatic carbocycles. The van der Waals surface area contributed by atoms with Crippen LogP contribution in [0.15, 0.2) is 52.0 Å². The van der Waals surface area contributed by atoms with Gasteiger partial charge in [-0.15, -0.1) is 0 Å². The van der Waals surface area contributed by atoms with Gasteiger partial charge in [0.2, 0.25) is 6.61 Å². The molecule has 1 aromatic rings. The minimum absolute atomic E-state index is 0.123. The second-order valence-corrected chi connectivity index (χ2v) is 6.83. The molecule has 1 atom stereocenters. The van der Waals surface area contributed by atoms with E-state index in [2.05, 4.69) is 5.16 Å². The number of hydrogen-bond donors (Lipinski definition) is 1. The van der Waals surface area contributed by atoms with Crippen LogP contribution in [0.4, 0.5) is 5.69 Å². The van der Waals surface area contributed by atoms with E-state index in [4.69, 9.17) is 9.57 Å². The van der Waals surface area contributed by atoms with Gasteiger partial charge in [0, 0.05) is 49.1 Å². The predicted molar refractivity (Wildman–Crippen MR) is 112 cm³/mol. The number of allylic oxidation sites excluding steroid dienone is 3. The Bertz CT molecular complexity index is 965. The Balaban J connectivity index is 2.40. The van der Waals surface area contributed by atoms with Crippen LogP contribution in [0.2, 0.25) is 0 Å². The summed E-state index contributed by atoms with van der Waals surface area (Å²) >= 11 is 0. The zero-order valence-corrected chi connectivity index (χ0v) is 17.8. The van der Waals surface area contributed by atoms with E-state index in [0.29, 0.717) is 16.8 Å². The summed E-state index contributed by atoms with van der Waals surface area (Å²) in [6.07, 6.45) is 1.65. The number of non-ortho nitro benzene ring substituents is 1. The number of rotatable bonds is 9. The van der Waals surface area contributed by atoms with Gasteiger partial charge in [0.1, 0.15) is 0 Å². The lowest BCUT2D eigenvalue weighted by Crippen LogP contribution is -2.29. The molecule has 0 spiro atoms. The Morgan fingerprint density at radius 1 is 1.32 bits per heavy atom. The molecule has 1 unspecified atom stereocenters. The third-order valence-corrected chi connectivity index (χ3v) is 5.09. The lowest BCUT2D eigenvalue weighted by Gasteiger charge is -2.36. The fourth-order valence-electron chi connectivity index (χ4n) is 3.45. The summed E-state index contributed by atoms with van der Waals surface area (Å²) in [5.41, 5.74) is 2.55. The number of hydrogen-bond acceptors (Lipinski definition) is 8. The van der Waals surface area contributed by atoms with Crippen LogP contribution < -0.4 is 0 Å². The summed E-state index contributed by atoms with van der Waals surface area (Å²) in [6, 6.07) is 5.94. The lowest BCUT2D eigenvalue weighted by molar-refractivity contribution is -0.384. The van der Waals surface area contributed by atoms with Crippen LogP contribution in [0.5, 0.6) is 0 Å². The first-order chi connectivity index (χ1) is 14.7. The van der Waals surface area contributed by atoms with Gasteiger partial charge in [-0.3, -0.25) is 10.1 Å². The molecule has 31 heavy (non-hydrogen) atoms. The first-order valence-electron chi connectivity index (χ1n) is 9.60. The number of carbonyl (C=O) groups is 2. The molecule has 0 radical (unpaired) electrons. The molecule has 10 nitrogen and oxygen atoms in total. The topological polar surface area (TPSA) is 132 Å². The quantitative estimate of drug-likeness (QED) is 0.273. The Hall–Kier alpha value is -3.69. The molecule has 1 heterocycles. The highest BCUT2D eigenvalue weighted by molar-refractivity contribution is 5.91. The van der Waals surface area contributed by atoms with Crippen molar-refractivity contribution in [1.29, 1.82) is 0 Å². The van der Waals surface area contributed by atoms with E-state index < -0.39 is 22.8 Å². The maximum absolute atomic E-state index is 12.1. The molecule has 0 fully saturated rings. The van der Waals surface area contributed by atoms with Crippen LogP contribution in [-0.4, -0.2) is 53.3 Å². The predicted octanol–water partition coefficient (Wildman–Crippen LogP) is 3.21. The van der Waals surface area contributed by atoms with Gasteiger partial charge in [0.15, 0.2) is 0 Å². The number of nitrogens with zero attached hydrogens (tertiary/aromatic N) is 3. The van der Waals surface area contributed by atoms with E-state index in [9.17, 15) is 24.8 Å². The Morgan fingerprint density at radius 3 is 2.65 bits per heavy atom. The molecule has 1 aliphatic heterocycles. The molecule has 1 N–H and O–H groups in total. The molecule has 1 aromatic carbocycles. The SMILES string of the molecule is CCOC(=O)CON=CCC1=C(C)N(C)C(C)=C(C(=O)O)C1c1cccc([N+](=O)[O-])c1. The molecule has 10 heteroatoms. The molecule has 166 valence electrons. The summed E-state index contributed by atoms with van der Waals surface area (Å²) in [4.78, 5) is 40.9. The van der Waals surface area contributed by atoms with Crippen molar-refractivity contribution >= 4 is 23.8 Å². The van der Waals surface area contributed by atoms with Crippen molar-refractivity contribution in [2.75, 3.05) is 20.3 Å². The third kappa shape index (κ3) is 5.47. The summed E-state index contributed by atoms with van der Waals surface area (Å²) in [6.45, 7) is 5.12. The van der Waals surface area contributed by atoms with Gasteiger partial charge in [-0.25, -0.2) is 9.59 Å². The number of nitro benzene ring substituents is 1. The van der Waals surface area contributed by atoms with Crippen LogP contribution in [0.1, 0.15) is 38.7 Å². The standard InChI is InChI=1S/C21H25N3O7/c1-5-30-18(25)12-31-22-10-9-17-13(2)23(4)14(3)19(21(26)27)20(17)15-7-6-8-16(11-15)24(28)29/h6-8,10-11,20H,5,9,12H2,1-4H3,(H,26,27). The van der Waals surface area contributed by atoms with Crippen LogP contribution in [0.25, 0.3) is 0 Å². The Kier molecular flexibility index (Phi) is 7.89. The second kappa shape index (κ2) is 10.4. The zero-order valence-electron chi connectivity index (χ0n) is 17.8. The van der Waals surface area contributed by atoms with Gasteiger partial charge in [-0.05, 0) is 31.9 Å². The molecule has 0 saturated heterocycles. The first-order valence-corrected chi connectivity index (χ1v) is 9.60. The van der Waals surface area contributed by atoms with Crippen molar-refractivity contribution in [1.82, 2.24) is 4.90 Å². The summed E-state index contributed by atoms with van der Waals surface area (Å²) in [5.74, 6) is -2.36. The van der Waals surface area contributed by atoms with E-state index in [1.54, 1.807) is 31.9 Å². The van der Waals surface area contributed by atoms with Crippen molar-refractivity contribution in [3.8, 4) is 0 Å². The van der Waals surface area contributed by atoms with Crippen molar-refractivity contribution in [2.24, 2.45) is 5.16 Å². The number of nitro groups is 1. The summed E-state index contributed by atoms with van der Waals surface area (Å²) in [7, 11) is 1.76. The Morgan fingerprint density at radius 2 is 2.03 bits per heavy atom. The molecular weight excluding hydrogens is 406 g/mol. The number of aliphatic carboxylic acids is 1. The van der Waals surface area contributed by atoms with Crippen molar-refractivity contribution in [2.45, 2.75) is 33.1 Å². The van der Waals surface area contributed by atoms with Crippen LogP contribution >= 0.6 is 0 Å². The zero-order chi connectivity index (χ0) is 23.1. The molecule has 0 aromatic heterocycles. The number of oxime groups is 1. The second-order valence-electron chi connectivity index (χ2n) is 6.83. The number of benzene rings is 1. The van der Waals surface area contributed by atoms with Crippen molar-refractivity contribution in [3.05, 3.63) is 62.5 Å². The highest BCUT2D eigenvalue weighted by Gasteiger charge is 2.35. The van der Waals surface area contributed by atoms with Crippen LogP contribution in [0, 0.1) is 10.1 Å². The molecule has 0 bridgehead atoms. The smallest absolute Gasteiger partial charge is 0.347 e. The number of carboxylic acid groups (broad SMARTS) is 1. The third-order valence-electron chi connectivity index (χ3n) is 5.09. The van der Waals surface area contributed by atoms with Gasteiger partial charge in [0.05, 0.1) is 17.1 Å². The van der Waals surface area contributed by atoms with Crippen molar-refractivity contribution < 1.29 is 29.2 Å². The summed E-state index contributed by atoms with van der Waals surface area (Å²) < 4.78 is 4.75. The highest BCUT2D eigenvalue weighted by atomic mass is 16.7. The fraction of sp³-hybridized carbons (Fsp3) is 0.381.